The second-order valence-corrected chi connectivity index (χ2v) is 6.09. The minimum absolute atomic E-state index is 0.0243. The van der Waals surface area contributed by atoms with E-state index in [0.29, 0.717) is 0 Å². The van der Waals surface area contributed by atoms with Gasteiger partial charge in [0.25, 0.3) is 0 Å². The molecule has 0 radical (unpaired) electrons. The molecule has 1 saturated heterocycles. The molecular weight excluding hydrogens is 176 g/mol. The molecule has 0 aliphatic carbocycles. The van der Waals surface area contributed by atoms with Gasteiger partial charge in [0.05, 0.1) is 5.75 Å². The van der Waals surface area contributed by atoms with Crippen LogP contribution in [-0.4, -0.2) is 25.7 Å². The first kappa shape index (κ1) is 9.71. The van der Waals surface area contributed by atoms with E-state index in [1.807, 2.05) is 13.8 Å². The van der Waals surface area contributed by atoms with E-state index in [9.17, 15) is 13.2 Å². The van der Waals surface area contributed by atoms with Crippen molar-refractivity contribution in [2.45, 2.75) is 20.8 Å². The van der Waals surface area contributed by atoms with E-state index in [2.05, 4.69) is 0 Å². The predicted octanol–water partition coefficient (Wildman–Crippen LogP) is 0.646. The average Bonchev–Trinajstić information content (AvgIpc) is 2.03. The zero-order valence-electron chi connectivity index (χ0n) is 7.62. The lowest BCUT2D eigenvalue weighted by atomic mass is 9.78. The Kier molecular flexibility index (Phi) is 2.07. The maximum absolute atomic E-state index is 11.4. The van der Waals surface area contributed by atoms with E-state index < -0.39 is 15.3 Å². The number of rotatable bonds is 1. The lowest BCUT2D eigenvalue weighted by molar-refractivity contribution is -0.125. The van der Waals surface area contributed by atoms with Crippen molar-refractivity contribution in [1.82, 2.24) is 0 Å². The first-order chi connectivity index (χ1) is 5.28. The minimum Gasteiger partial charge on any atom is -0.298 e. The van der Waals surface area contributed by atoms with E-state index in [4.69, 9.17) is 0 Å². The Labute approximate surface area is 73.1 Å². The van der Waals surface area contributed by atoms with Crippen LogP contribution in [0.3, 0.4) is 0 Å². The fraction of sp³-hybridized carbons (Fsp3) is 0.875. The predicted molar refractivity (Wildman–Crippen MR) is 46.6 cm³/mol. The van der Waals surface area contributed by atoms with Crippen LogP contribution in [0, 0.1) is 11.3 Å². The van der Waals surface area contributed by atoms with Crippen molar-refractivity contribution in [3.05, 3.63) is 0 Å². The highest BCUT2D eigenvalue weighted by molar-refractivity contribution is 7.92. The molecule has 4 heteroatoms. The van der Waals surface area contributed by atoms with Crippen molar-refractivity contribution < 1.29 is 13.2 Å². The molecule has 0 amide bonds. The van der Waals surface area contributed by atoms with Gasteiger partial charge in [0.15, 0.2) is 15.6 Å². The van der Waals surface area contributed by atoms with Crippen LogP contribution in [0.1, 0.15) is 20.8 Å². The molecule has 0 N–H and O–H groups in total. The monoisotopic (exact) mass is 190 g/mol. The summed E-state index contributed by atoms with van der Waals surface area (Å²) in [7, 11) is -3.10. The average molecular weight is 190 g/mol. The van der Waals surface area contributed by atoms with Gasteiger partial charge in [-0.25, -0.2) is 8.42 Å². The Bertz CT molecular complexity index is 302. The van der Waals surface area contributed by atoms with Crippen molar-refractivity contribution in [2.75, 3.05) is 11.5 Å². The second-order valence-electron chi connectivity index (χ2n) is 4.03. The quantitative estimate of drug-likeness (QED) is 0.610. The van der Waals surface area contributed by atoms with Gasteiger partial charge < -0.3 is 0 Å². The van der Waals surface area contributed by atoms with E-state index in [0.717, 1.165) is 0 Å². The first-order valence-electron chi connectivity index (χ1n) is 4.02. The zero-order chi connectivity index (χ0) is 9.57. The maximum atomic E-state index is 11.4. The Morgan fingerprint density at radius 3 is 2.08 bits per heavy atom. The summed E-state index contributed by atoms with van der Waals surface area (Å²) in [5.74, 6) is -0.266. The molecular formula is C8H14O3S. The number of Topliss-reactive ketones (excluding diaryl/α,β-unsaturated/α-hetero) is 1. The van der Waals surface area contributed by atoms with Crippen LogP contribution in [0.15, 0.2) is 0 Å². The van der Waals surface area contributed by atoms with E-state index in [1.165, 1.54) is 0 Å². The Morgan fingerprint density at radius 2 is 1.92 bits per heavy atom. The summed E-state index contributed by atoms with van der Waals surface area (Å²) in [5.41, 5.74) is -0.640. The first-order valence-corrected chi connectivity index (χ1v) is 5.84. The van der Waals surface area contributed by atoms with E-state index in [-0.39, 0.29) is 23.2 Å². The van der Waals surface area contributed by atoms with Gasteiger partial charge in [-0.3, -0.25) is 4.79 Å². The number of carbonyl (C=O) groups excluding carboxylic acids is 1. The van der Waals surface area contributed by atoms with Gasteiger partial charge in [0.1, 0.15) is 5.75 Å². The smallest absolute Gasteiger partial charge is 0.158 e. The molecule has 0 aromatic rings. The fourth-order valence-electron chi connectivity index (χ4n) is 1.44. The standard InChI is InChI=1S/C8H14O3S/c1-6(2)8(3)5-12(10,11)4-7(8)9/h6H,4-5H2,1-3H3. The fourth-order valence-corrected chi connectivity index (χ4v) is 3.68. The van der Waals surface area contributed by atoms with Gasteiger partial charge in [0, 0.05) is 5.41 Å². The van der Waals surface area contributed by atoms with Gasteiger partial charge in [0.2, 0.25) is 0 Å². The number of sulfone groups is 1. The molecule has 1 aliphatic heterocycles. The van der Waals surface area contributed by atoms with Gasteiger partial charge in [-0.15, -0.1) is 0 Å². The maximum Gasteiger partial charge on any atom is 0.158 e. The highest BCUT2D eigenvalue weighted by atomic mass is 32.2. The molecule has 12 heavy (non-hydrogen) atoms. The van der Waals surface area contributed by atoms with Crippen LogP contribution in [0.25, 0.3) is 0 Å². The third-order valence-corrected chi connectivity index (χ3v) is 4.52. The largest absolute Gasteiger partial charge is 0.298 e. The topological polar surface area (TPSA) is 51.2 Å². The van der Waals surface area contributed by atoms with Gasteiger partial charge in [-0.05, 0) is 5.92 Å². The second kappa shape index (κ2) is 2.55. The molecule has 3 nitrogen and oxygen atoms in total. The third-order valence-electron chi connectivity index (χ3n) is 2.78. The van der Waals surface area contributed by atoms with Crippen molar-refractivity contribution in [2.24, 2.45) is 11.3 Å². The zero-order valence-corrected chi connectivity index (χ0v) is 8.44. The Balaban J connectivity index is 3.05. The molecule has 0 saturated carbocycles. The van der Waals surface area contributed by atoms with Gasteiger partial charge in [-0.1, -0.05) is 20.8 Å². The molecule has 0 aromatic carbocycles. The normalized spacial score (nSPS) is 34.5. The van der Waals surface area contributed by atoms with Crippen molar-refractivity contribution in [1.29, 1.82) is 0 Å². The molecule has 1 atom stereocenters. The van der Waals surface area contributed by atoms with Crippen molar-refractivity contribution >= 4 is 15.6 Å². The van der Waals surface area contributed by atoms with Crippen molar-refractivity contribution in [3.63, 3.8) is 0 Å². The van der Waals surface area contributed by atoms with Crippen LogP contribution >= 0.6 is 0 Å². The van der Waals surface area contributed by atoms with Gasteiger partial charge >= 0.3 is 0 Å². The minimum atomic E-state index is -3.10. The molecule has 0 aromatic heterocycles. The highest BCUT2D eigenvalue weighted by Crippen LogP contribution is 2.35. The molecule has 1 aliphatic rings. The van der Waals surface area contributed by atoms with E-state index >= 15 is 0 Å². The molecule has 1 fully saturated rings. The number of hydrogen-bond donors (Lipinski definition) is 0. The van der Waals surface area contributed by atoms with Crippen LogP contribution < -0.4 is 0 Å². The number of ketones is 1. The highest BCUT2D eigenvalue weighted by Gasteiger charge is 2.47. The molecule has 70 valence electrons. The lowest BCUT2D eigenvalue weighted by Gasteiger charge is -2.24. The SMILES string of the molecule is CC(C)C1(C)CS(=O)(=O)CC1=O. The summed E-state index contributed by atoms with van der Waals surface area (Å²) in [6, 6.07) is 0. The van der Waals surface area contributed by atoms with Crippen LogP contribution in [0.5, 0.6) is 0 Å². The summed E-state index contributed by atoms with van der Waals surface area (Å²) in [6.45, 7) is 5.52. The van der Waals surface area contributed by atoms with Crippen molar-refractivity contribution in [3.8, 4) is 0 Å². The molecule has 1 unspecified atom stereocenters. The number of carbonyl (C=O) groups is 1. The van der Waals surface area contributed by atoms with Crippen LogP contribution in [0.2, 0.25) is 0 Å². The molecule has 0 bridgehead atoms. The molecule has 1 heterocycles. The summed E-state index contributed by atoms with van der Waals surface area (Å²) in [4.78, 5) is 11.4. The Morgan fingerprint density at radius 1 is 1.42 bits per heavy atom. The van der Waals surface area contributed by atoms with Gasteiger partial charge in [-0.2, -0.15) is 0 Å². The summed E-state index contributed by atoms with van der Waals surface area (Å²) in [5, 5.41) is 0. The summed E-state index contributed by atoms with van der Waals surface area (Å²) in [6.07, 6.45) is 0. The molecule has 1 rings (SSSR count). The van der Waals surface area contributed by atoms with Crippen LogP contribution in [-0.2, 0) is 14.6 Å². The molecule has 0 spiro atoms. The lowest BCUT2D eigenvalue weighted by Crippen LogP contribution is -2.31. The third kappa shape index (κ3) is 1.40. The van der Waals surface area contributed by atoms with E-state index in [1.54, 1.807) is 6.92 Å². The summed E-state index contributed by atoms with van der Waals surface area (Å²) < 4.78 is 22.3. The number of hydrogen-bond acceptors (Lipinski definition) is 3. The summed E-state index contributed by atoms with van der Waals surface area (Å²) >= 11 is 0. The van der Waals surface area contributed by atoms with Crippen LogP contribution in [0.4, 0.5) is 0 Å². The Hall–Kier alpha value is -0.380.